The monoisotopic (exact) mass is 393 g/mol. The van der Waals surface area contributed by atoms with Crippen molar-refractivity contribution in [3.8, 4) is 5.75 Å². The first-order chi connectivity index (χ1) is 13.3. The van der Waals surface area contributed by atoms with Gasteiger partial charge in [-0.15, -0.1) is 13.2 Å². The highest BCUT2D eigenvalue weighted by Gasteiger charge is 2.31. The third-order valence-electron chi connectivity index (χ3n) is 4.57. The van der Waals surface area contributed by atoms with Crippen LogP contribution in [0.1, 0.15) is 34.3 Å². The number of halogens is 3. The molecule has 0 aromatic heterocycles. The highest BCUT2D eigenvalue weighted by Crippen LogP contribution is 2.23. The van der Waals surface area contributed by atoms with Crippen molar-refractivity contribution in [2.75, 3.05) is 13.1 Å². The molecule has 1 amide bonds. The maximum absolute atomic E-state index is 12.7. The van der Waals surface area contributed by atoms with Crippen molar-refractivity contribution in [3.05, 3.63) is 65.2 Å². The number of ether oxygens (including phenoxy) is 2. The third-order valence-corrected chi connectivity index (χ3v) is 4.57. The van der Waals surface area contributed by atoms with Gasteiger partial charge in [-0.1, -0.05) is 29.8 Å². The summed E-state index contributed by atoms with van der Waals surface area (Å²) in [5, 5.41) is 0. The normalized spacial score (nSPS) is 17.4. The van der Waals surface area contributed by atoms with Crippen molar-refractivity contribution in [2.45, 2.75) is 38.8 Å². The molecule has 0 radical (unpaired) electrons. The summed E-state index contributed by atoms with van der Waals surface area (Å²) in [6.07, 6.45) is -3.12. The molecule has 0 aliphatic carbocycles. The van der Waals surface area contributed by atoms with Crippen molar-refractivity contribution in [1.82, 2.24) is 4.90 Å². The summed E-state index contributed by atoms with van der Waals surface area (Å²) in [5.41, 5.74) is 2.45. The first-order valence-electron chi connectivity index (χ1n) is 9.12. The smallest absolute Gasteiger partial charge is 0.406 e. The van der Waals surface area contributed by atoms with Gasteiger partial charge in [0.15, 0.2) is 0 Å². The van der Waals surface area contributed by atoms with Gasteiger partial charge in [0.2, 0.25) is 0 Å². The van der Waals surface area contributed by atoms with Crippen LogP contribution >= 0.6 is 0 Å². The van der Waals surface area contributed by atoms with Crippen LogP contribution in [0, 0.1) is 6.92 Å². The van der Waals surface area contributed by atoms with E-state index in [1.54, 1.807) is 17.0 Å². The van der Waals surface area contributed by atoms with Gasteiger partial charge in [0.25, 0.3) is 5.91 Å². The van der Waals surface area contributed by atoms with Crippen LogP contribution < -0.4 is 4.74 Å². The summed E-state index contributed by atoms with van der Waals surface area (Å²) in [7, 11) is 0. The summed E-state index contributed by atoms with van der Waals surface area (Å²) in [6, 6.07) is 13.1. The second-order valence-electron chi connectivity index (χ2n) is 6.89. The first kappa shape index (κ1) is 20.2. The minimum atomic E-state index is -4.70. The number of aryl methyl sites for hydroxylation is 1. The molecule has 28 heavy (non-hydrogen) atoms. The lowest BCUT2D eigenvalue weighted by molar-refractivity contribution is -0.274. The zero-order valence-corrected chi connectivity index (χ0v) is 15.5. The molecule has 1 fully saturated rings. The molecule has 2 aromatic carbocycles. The van der Waals surface area contributed by atoms with Gasteiger partial charge in [0.1, 0.15) is 5.75 Å². The Morgan fingerprint density at radius 2 is 1.93 bits per heavy atom. The maximum atomic E-state index is 12.7. The number of carbonyl (C=O) groups excluding carboxylic acids is 1. The Labute approximate surface area is 161 Å². The topological polar surface area (TPSA) is 38.8 Å². The molecule has 0 saturated carbocycles. The van der Waals surface area contributed by atoms with E-state index >= 15 is 0 Å². The van der Waals surface area contributed by atoms with Gasteiger partial charge in [0, 0.05) is 18.7 Å². The second kappa shape index (κ2) is 8.65. The highest BCUT2D eigenvalue weighted by atomic mass is 19.4. The Hall–Kier alpha value is -2.54. The van der Waals surface area contributed by atoms with Crippen LogP contribution in [0.2, 0.25) is 0 Å². The van der Waals surface area contributed by atoms with E-state index in [0.29, 0.717) is 18.7 Å². The van der Waals surface area contributed by atoms with Gasteiger partial charge in [-0.3, -0.25) is 4.79 Å². The zero-order valence-electron chi connectivity index (χ0n) is 15.5. The second-order valence-corrected chi connectivity index (χ2v) is 6.89. The summed E-state index contributed by atoms with van der Waals surface area (Å²) in [5.74, 6) is -0.269. The fourth-order valence-electron chi connectivity index (χ4n) is 3.22. The molecule has 1 aliphatic rings. The highest BCUT2D eigenvalue weighted by molar-refractivity contribution is 5.94. The van der Waals surface area contributed by atoms with Crippen LogP contribution in [0.4, 0.5) is 13.2 Å². The number of carbonyl (C=O) groups is 1. The Bertz CT molecular complexity index is 805. The average Bonchev–Trinajstić information content (AvgIpc) is 2.66. The lowest BCUT2D eigenvalue weighted by Crippen LogP contribution is -2.43. The van der Waals surface area contributed by atoms with Crippen LogP contribution in [0.25, 0.3) is 0 Å². The van der Waals surface area contributed by atoms with E-state index in [-0.39, 0.29) is 24.4 Å². The third kappa shape index (κ3) is 5.73. The van der Waals surface area contributed by atoms with Crippen molar-refractivity contribution in [3.63, 3.8) is 0 Å². The SMILES string of the molecule is Cc1cccc(C(=O)N2CCCC(OCc3ccc(OC(F)(F)F)cc3)C2)c1. The van der Waals surface area contributed by atoms with E-state index in [0.717, 1.165) is 24.0 Å². The molecule has 2 aromatic rings. The lowest BCUT2D eigenvalue weighted by atomic mass is 10.1. The molecule has 3 rings (SSSR count). The van der Waals surface area contributed by atoms with Crippen LogP contribution in [0.5, 0.6) is 5.75 Å². The summed E-state index contributed by atoms with van der Waals surface area (Å²) in [4.78, 5) is 14.5. The molecule has 7 heteroatoms. The van der Waals surface area contributed by atoms with Gasteiger partial charge in [0.05, 0.1) is 12.7 Å². The van der Waals surface area contributed by atoms with Crippen LogP contribution in [0.3, 0.4) is 0 Å². The predicted molar refractivity (Wildman–Crippen MR) is 98.0 cm³/mol. The molecule has 1 aliphatic heterocycles. The predicted octanol–water partition coefficient (Wildman–Crippen LogP) is 4.72. The van der Waals surface area contributed by atoms with Crippen LogP contribution in [0.15, 0.2) is 48.5 Å². The first-order valence-corrected chi connectivity index (χ1v) is 9.12. The van der Waals surface area contributed by atoms with Gasteiger partial charge >= 0.3 is 6.36 Å². The largest absolute Gasteiger partial charge is 0.573 e. The van der Waals surface area contributed by atoms with E-state index in [4.69, 9.17) is 4.74 Å². The van der Waals surface area contributed by atoms with E-state index < -0.39 is 6.36 Å². The molecular weight excluding hydrogens is 371 g/mol. The van der Waals surface area contributed by atoms with Crippen LogP contribution in [-0.4, -0.2) is 36.4 Å². The van der Waals surface area contributed by atoms with E-state index in [1.165, 1.54) is 12.1 Å². The van der Waals surface area contributed by atoms with Crippen molar-refractivity contribution >= 4 is 5.91 Å². The molecule has 0 N–H and O–H groups in total. The van der Waals surface area contributed by atoms with Crippen LogP contribution in [-0.2, 0) is 11.3 Å². The number of amides is 1. The lowest BCUT2D eigenvalue weighted by Gasteiger charge is -2.33. The van der Waals surface area contributed by atoms with Gasteiger partial charge in [-0.05, 0) is 49.6 Å². The zero-order chi connectivity index (χ0) is 20.1. The fraction of sp³-hybridized carbons (Fsp3) is 0.381. The molecule has 150 valence electrons. The molecule has 4 nitrogen and oxygen atoms in total. The number of likely N-dealkylation sites (tertiary alicyclic amines) is 1. The van der Waals surface area contributed by atoms with Gasteiger partial charge < -0.3 is 14.4 Å². The van der Waals surface area contributed by atoms with Crippen molar-refractivity contribution < 1.29 is 27.4 Å². The molecule has 1 heterocycles. The summed E-state index contributed by atoms with van der Waals surface area (Å²) >= 11 is 0. The number of nitrogens with zero attached hydrogens (tertiary/aromatic N) is 1. The minimum absolute atomic E-state index is 0.00866. The Kier molecular flexibility index (Phi) is 6.24. The quantitative estimate of drug-likeness (QED) is 0.738. The molecular formula is C21H22F3NO3. The number of hydrogen-bond acceptors (Lipinski definition) is 3. The molecule has 1 unspecified atom stereocenters. The van der Waals surface area contributed by atoms with Gasteiger partial charge in [-0.25, -0.2) is 0 Å². The summed E-state index contributed by atoms with van der Waals surface area (Å²) < 4.78 is 46.4. The Balaban J connectivity index is 1.53. The average molecular weight is 393 g/mol. The summed E-state index contributed by atoms with van der Waals surface area (Å²) in [6.45, 7) is 3.41. The number of alkyl halides is 3. The molecule has 0 spiro atoms. The Morgan fingerprint density at radius 3 is 2.61 bits per heavy atom. The number of rotatable bonds is 5. The maximum Gasteiger partial charge on any atom is 0.573 e. The standard InChI is InChI=1S/C21H22F3NO3/c1-15-4-2-5-17(12-15)20(26)25-11-3-6-19(13-25)27-14-16-7-9-18(10-8-16)28-21(22,23)24/h2,4-5,7-10,12,19H,3,6,11,13-14H2,1H3. The van der Waals surface area contributed by atoms with E-state index in [9.17, 15) is 18.0 Å². The molecule has 1 atom stereocenters. The minimum Gasteiger partial charge on any atom is -0.406 e. The fourth-order valence-corrected chi connectivity index (χ4v) is 3.22. The van der Waals surface area contributed by atoms with Gasteiger partial charge in [-0.2, -0.15) is 0 Å². The van der Waals surface area contributed by atoms with Crippen molar-refractivity contribution in [1.29, 1.82) is 0 Å². The number of piperidine rings is 1. The Morgan fingerprint density at radius 1 is 1.18 bits per heavy atom. The van der Waals surface area contributed by atoms with Crippen molar-refractivity contribution in [2.24, 2.45) is 0 Å². The number of benzene rings is 2. The van der Waals surface area contributed by atoms with E-state index in [1.807, 2.05) is 31.2 Å². The molecule has 1 saturated heterocycles. The molecule has 0 bridgehead atoms. The van der Waals surface area contributed by atoms with E-state index in [2.05, 4.69) is 4.74 Å². The number of hydrogen-bond donors (Lipinski definition) is 0.